The molecule has 4 heteroatoms. The summed E-state index contributed by atoms with van der Waals surface area (Å²) in [5, 5.41) is 6.33. The van der Waals surface area contributed by atoms with Crippen LogP contribution in [0, 0.1) is 6.92 Å². The zero-order valence-electron chi connectivity index (χ0n) is 13.3. The van der Waals surface area contributed by atoms with Gasteiger partial charge in [-0.25, -0.2) is 0 Å². The highest BCUT2D eigenvalue weighted by Gasteiger charge is 2.10. The molecule has 1 heterocycles. The normalized spacial score (nSPS) is 10.9. The van der Waals surface area contributed by atoms with E-state index in [9.17, 15) is 0 Å². The summed E-state index contributed by atoms with van der Waals surface area (Å²) in [7, 11) is 0. The molecule has 0 amide bonds. The second-order valence-corrected chi connectivity index (χ2v) is 5.63. The van der Waals surface area contributed by atoms with Gasteiger partial charge in [0.25, 0.3) is 5.89 Å². The minimum atomic E-state index is 0.280. The van der Waals surface area contributed by atoms with E-state index < -0.39 is 0 Å². The average molecular weight is 316 g/mol. The number of ether oxygens (including phenoxy) is 1. The summed E-state index contributed by atoms with van der Waals surface area (Å²) in [5.74, 6) is 1.86. The molecule has 0 aliphatic heterocycles. The van der Waals surface area contributed by atoms with Crippen LogP contribution in [0.15, 0.2) is 71.3 Å². The number of nitrogens with zero attached hydrogens (tertiary/aromatic N) is 2. The number of aromatic nitrogens is 2. The second kappa shape index (κ2) is 6.16. The number of benzene rings is 3. The van der Waals surface area contributed by atoms with Crippen molar-refractivity contribution >= 4 is 10.8 Å². The highest BCUT2D eigenvalue weighted by Crippen LogP contribution is 2.23. The van der Waals surface area contributed by atoms with E-state index >= 15 is 0 Å². The van der Waals surface area contributed by atoms with Gasteiger partial charge in [0.2, 0.25) is 5.82 Å². The lowest BCUT2D eigenvalue weighted by molar-refractivity contribution is 0.285. The third kappa shape index (κ3) is 2.86. The molecule has 0 radical (unpaired) electrons. The molecule has 4 aromatic rings. The Morgan fingerprint density at radius 3 is 2.58 bits per heavy atom. The molecule has 0 fully saturated rings. The molecule has 0 aliphatic carbocycles. The molecule has 4 rings (SSSR count). The van der Waals surface area contributed by atoms with Gasteiger partial charge in [0.05, 0.1) is 0 Å². The SMILES string of the molecule is Cc1ccccc1OCc1noc(-c2ccc3ccccc3c2)n1. The topological polar surface area (TPSA) is 48.2 Å². The van der Waals surface area contributed by atoms with Crippen molar-refractivity contribution in [1.29, 1.82) is 0 Å². The quantitative estimate of drug-likeness (QED) is 0.544. The standard InChI is InChI=1S/C20H16N2O2/c1-14-6-2-5-9-18(14)23-13-19-21-20(24-22-19)17-11-10-15-7-3-4-8-16(15)12-17/h2-12H,13H2,1H3. The van der Waals surface area contributed by atoms with E-state index in [1.165, 1.54) is 5.39 Å². The van der Waals surface area contributed by atoms with Crippen LogP contribution < -0.4 is 4.74 Å². The summed E-state index contributed by atoms with van der Waals surface area (Å²) in [5.41, 5.74) is 1.99. The molecule has 0 atom stereocenters. The van der Waals surface area contributed by atoms with E-state index in [0.717, 1.165) is 22.3 Å². The molecule has 0 unspecified atom stereocenters. The first-order chi connectivity index (χ1) is 11.8. The van der Waals surface area contributed by atoms with Crippen LogP contribution in [0.3, 0.4) is 0 Å². The minimum Gasteiger partial charge on any atom is -0.485 e. The number of rotatable bonds is 4. The summed E-state index contributed by atoms with van der Waals surface area (Å²) in [6, 6.07) is 22.1. The van der Waals surface area contributed by atoms with E-state index in [1.54, 1.807) is 0 Å². The Balaban J connectivity index is 1.54. The van der Waals surface area contributed by atoms with E-state index in [0.29, 0.717) is 11.7 Å². The Morgan fingerprint density at radius 1 is 0.917 bits per heavy atom. The van der Waals surface area contributed by atoms with Crippen LogP contribution in [0.5, 0.6) is 5.75 Å². The van der Waals surface area contributed by atoms with Gasteiger partial charge in [-0.3, -0.25) is 0 Å². The van der Waals surface area contributed by atoms with Gasteiger partial charge in [-0.05, 0) is 41.5 Å². The summed E-state index contributed by atoms with van der Waals surface area (Å²) >= 11 is 0. The number of aryl methyl sites for hydroxylation is 1. The van der Waals surface area contributed by atoms with Crippen molar-refractivity contribution in [1.82, 2.24) is 10.1 Å². The molecular formula is C20H16N2O2. The van der Waals surface area contributed by atoms with Crippen molar-refractivity contribution in [2.45, 2.75) is 13.5 Å². The Bertz CT molecular complexity index is 992. The van der Waals surface area contributed by atoms with Gasteiger partial charge >= 0.3 is 0 Å². The molecule has 4 nitrogen and oxygen atoms in total. The van der Waals surface area contributed by atoms with Gasteiger partial charge in [0, 0.05) is 5.56 Å². The fraction of sp³-hybridized carbons (Fsp3) is 0.100. The van der Waals surface area contributed by atoms with Crippen molar-refractivity contribution in [2.75, 3.05) is 0 Å². The molecule has 0 saturated carbocycles. The first-order valence-corrected chi connectivity index (χ1v) is 7.80. The minimum absolute atomic E-state index is 0.280. The van der Waals surface area contributed by atoms with Gasteiger partial charge in [-0.1, -0.05) is 53.7 Å². The molecule has 1 aromatic heterocycles. The maximum Gasteiger partial charge on any atom is 0.258 e. The highest BCUT2D eigenvalue weighted by molar-refractivity contribution is 5.86. The highest BCUT2D eigenvalue weighted by atomic mass is 16.5. The monoisotopic (exact) mass is 316 g/mol. The molecular weight excluding hydrogens is 300 g/mol. The first kappa shape index (κ1) is 14.5. The van der Waals surface area contributed by atoms with Gasteiger partial charge in [-0.15, -0.1) is 0 Å². The van der Waals surface area contributed by atoms with Crippen LogP contribution in [-0.4, -0.2) is 10.1 Å². The van der Waals surface area contributed by atoms with E-state index in [2.05, 4.69) is 34.4 Å². The van der Waals surface area contributed by atoms with Crippen molar-refractivity contribution in [3.63, 3.8) is 0 Å². The molecule has 3 aromatic carbocycles. The zero-order chi connectivity index (χ0) is 16.4. The third-order valence-electron chi connectivity index (χ3n) is 3.91. The summed E-state index contributed by atoms with van der Waals surface area (Å²) in [4.78, 5) is 4.43. The molecule has 0 saturated heterocycles. The van der Waals surface area contributed by atoms with E-state index in [4.69, 9.17) is 9.26 Å². The van der Waals surface area contributed by atoms with Crippen molar-refractivity contribution in [2.24, 2.45) is 0 Å². The maximum absolute atomic E-state index is 5.76. The van der Waals surface area contributed by atoms with Crippen LogP contribution in [0.4, 0.5) is 0 Å². The van der Waals surface area contributed by atoms with E-state index in [-0.39, 0.29) is 6.61 Å². The Hall–Kier alpha value is -3.14. The number of fused-ring (bicyclic) bond motifs is 1. The Kier molecular flexibility index (Phi) is 3.71. The summed E-state index contributed by atoms with van der Waals surface area (Å²) < 4.78 is 11.1. The van der Waals surface area contributed by atoms with Crippen LogP contribution in [0.2, 0.25) is 0 Å². The fourth-order valence-corrected chi connectivity index (χ4v) is 2.61. The van der Waals surface area contributed by atoms with Crippen LogP contribution in [-0.2, 0) is 6.61 Å². The van der Waals surface area contributed by atoms with Gasteiger partial charge in [0.1, 0.15) is 5.75 Å². The Morgan fingerprint density at radius 2 is 1.71 bits per heavy atom. The van der Waals surface area contributed by atoms with Crippen molar-refractivity contribution in [3.05, 3.63) is 78.1 Å². The van der Waals surface area contributed by atoms with E-state index in [1.807, 2.05) is 49.4 Å². The zero-order valence-corrected chi connectivity index (χ0v) is 13.3. The average Bonchev–Trinajstić information content (AvgIpc) is 3.10. The molecule has 0 aliphatic rings. The summed E-state index contributed by atoms with van der Waals surface area (Å²) in [6.45, 7) is 2.29. The van der Waals surface area contributed by atoms with Crippen LogP contribution in [0.25, 0.3) is 22.2 Å². The van der Waals surface area contributed by atoms with Gasteiger partial charge in [0.15, 0.2) is 6.61 Å². The Labute approximate surface area is 139 Å². The molecule has 0 N–H and O–H groups in total. The molecule has 0 bridgehead atoms. The number of para-hydroxylation sites is 1. The second-order valence-electron chi connectivity index (χ2n) is 5.63. The molecule has 118 valence electrons. The van der Waals surface area contributed by atoms with Crippen molar-refractivity contribution < 1.29 is 9.26 Å². The molecule has 24 heavy (non-hydrogen) atoms. The lowest BCUT2D eigenvalue weighted by Gasteiger charge is -2.05. The molecule has 0 spiro atoms. The lowest BCUT2D eigenvalue weighted by Crippen LogP contribution is -1.98. The maximum atomic E-state index is 5.76. The predicted octanol–water partition coefficient (Wildman–Crippen LogP) is 4.78. The lowest BCUT2D eigenvalue weighted by atomic mass is 10.1. The van der Waals surface area contributed by atoms with Crippen molar-refractivity contribution in [3.8, 4) is 17.2 Å². The smallest absolute Gasteiger partial charge is 0.258 e. The summed E-state index contributed by atoms with van der Waals surface area (Å²) in [6.07, 6.45) is 0. The largest absolute Gasteiger partial charge is 0.485 e. The number of hydrogen-bond donors (Lipinski definition) is 0. The fourth-order valence-electron chi connectivity index (χ4n) is 2.61. The predicted molar refractivity (Wildman–Crippen MR) is 92.8 cm³/mol. The number of hydrogen-bond acceptors (Lipinski definition) is 4. The first-order valence-electron chi connectivity index (χ1n) is 7.80. The van der Waals surface area contributed by atoms with Gasteiger partial charge < -0.3 is 9.26 Å². The van der Waals surface area contributed by atoms with Gasteiger partial charge in [-0.2, -0.15) is 4.98 Å². The van der Waals surface area contributed by atoms with Crippen LogP contribution in [0.1, 0.15) is 11.4 Å². The third-order valence-corrected chi connectivity index (χ3v) is 3.91. The van der Waals surface area contributed by atoms with Crippen LogP contribution >= 0.6 is 0 Å².